The predicted octanol–water partition coefficient (Wildman–Crippen LogP) is 5.70. The Hall–Kier alpha value is -4.91. The third-order valence-electron chi connectivity index (χ3n) is 6.26. The zero-order valence-electron chi connectivity index (χ0n) is 18.8. The molecule has 7 heteroatoms. The lowest BCUT2D eigenvalue weighted by atomic mass is 9.88. The number of esters is 1. The molecule has 0 spiro atoms. The van der Waals surface area contributed by atoms with E-state index in [1.165, 1.54) is 12.1 Å². The van der Waals surface area contributed by atoms with Gasteiger partial charge in [-0.2, -0.15) is 0 Å². The van der Waals surface area contributed by atoms with Crippen LogP contribution in [0, 0.1) is 0 Å². The molecule has 36 heavy (non-hydrogen) atoms. The summed E-state index contributed by atoms with van der Waals surface area (Å²) in [7, 11) is 0. The molecule has 1 N–H and O–H groups in total. The minimum Gasteiger partial charge on any atom is -0.478 e. The first-order valence-electron chi connectivity index (χ1n) is 11.3. The van der Waals surface area contributed by atoms with Gasteiger partial charge in [0.2, 0.25) is 5.78 Å². The molecule has 0 saturated heterocycles. The van der Waals surface area contributed by atoms with Crippen LogP contribution < -0.4 is 9.47 Å². The van der Waals surface area contributed by atoms with Gasteiger partial charge < -0.3 is 19.0 Å². The Bertz CT molecular complexity index is 1560. The standard InChI is InChI=1S/C29H18O7/c30-25-15-20(22-13-12-21(34-22)17-6-8-18(9-7-17)29(32)33)26-23(35-25)11-10-19-27(31)24(36-28(19)26)14-16-4-2-1-3-5-16/h1-14,20H,15H2,(H,32,33). The number of furan rings is 1. The number of hydrogen-bond acceptors (Lipinski definition) is 6. The van der Waals surface area contributed by atoms with Crippen molar-refractivity contribution in [3.8, 4) is 22.8 Å². The normalized spacial score (nSPS) is 17.3. The number of aromatic carboxylic acids is 1. The molecular weight excluding hydrogens is 460 g/mol. The van der Waals surface area contributed by atoms with Gasteiger partial charge in [0, 0.05) is 11.1 Å². The number of carboxylic acid groups (broad SMARTS) is 1. The van der Waals surface area contributed by atoms with Crippen LogP contribution in [0.5, 0.6) is 11.5 Å². The Morgan fingerprint density at radius 3 is 2.42 bits per heavy atom. The van der Waals surface area contributed by atoms with E-state index in [2.05, 4.69) is 0 Å². The molecule has 0 fully saturated rings. The van der Waals surface area contributed by atoms with Crippen molar-refractivity contribution in [2.75, 3.05) is 0 Å². The Balaban J connectivity index is 1.39. The molecule has 3 heterocycles. The number of ketones is 1. The molecule has 0 amide bonds. The van der Waals surface area contributed by atoms with Crippen LogP contribution >= 0.6 is 0 Å². The zero-order chi connectivity index (χ0) is 24.8. The maximum atomic E-state index is 13.1. The van der Waals surface area contributed by atoms with Crippen molar-refractivity contribution in [3.63, 3.8) is 0 Å². The van der Waals surface area contributed by atoms with Gasteiger partial charge in [-0.1, -0.05) is 42.5 Å². The van der Waals surface area contributed by atoms with Crippen molar-refractivity contribution >= 4 is 23.8 Å². The van der Waals surface area contributed by atoms with Gasteiger partial charge in [-0.25, -0.2) is 4.79 Å². The Labute approximate surface area is 205 Å². The number of carboxylic acids is 1. The summed E-state index contributed by atoms with van der Waals surface area (Å²) in [5.41, 5.74) is 2.68. The van der Waals surface area contributed by atoms with Crippen LogP contribution in [0.25, 0.3) is 17.4 Å². The van der Waals surface area contributed by atoms with E-state index in [-0.39, 0.29) is 23.5 Å². The number of benzene rings is 3. The molecule has 6 rings (SSSR count). The summed E-state index contributed by atoms with van der Waals surface area (Å²) in [4.78, 5) is 36.7. The van der Waals surface area contributed by atoms with E-state index >= 15 is 0 Å². The van der Waals surface area contributed by atoms with E-state index in [1.54, 1.807) is 42.5 Å². The molecule has 1 aromatic heterocycles. The van der Waals surface area contributed by atoms with E-state index in [9.17, 15) is 14.4 Å². The summed E-state index contributed by atoms with van der Waals surface area (Å²) in [6.45, 7) is 0. The van der Waals surface area contributed by atoms with Crippen molar-refractivity contribution in [2.45, 2.75) is 12.3 Å². The van der Waals surface area contributed by atoms with E-state index in [0.29, 0.717) is 39.7 Å². The zero-order valence-corrected chi connectivity index (χ0v) is 18.8. The summed E-state index contributed by atoms with van der Waals surface area (Å²) in [6.07, 6.45) is 1.70. The summed E-state index contributed by atoms with van der Waals surface area (Å²) in [6, 6.07) is 22.5. The van der Waals surface area contributed by atoms with E-state index in [0.717, 1.165) is 5.56 Å². The topological polar surface area (TPSA) is 103 Å². The maximum Gasteiger partial charge on any atom is 0.335 e. The minimum absolute atomic E-state index is 0.0175. The van der Waals surface area contributed by atoms with Gasteiger partial charge in [0.25, 0.3) is 0 Å². The smallest absolute Gasteiger partial charge is 0.335 e. The number of carbonyl (C=O) groups is 3. The summed E-state index contributed by atoms with van der Waals surface area (Å²) < 4.78 is 17.6. The second-order valence-electron chi connectivity index (χ2n) is 8.52. The van der Waals surface area contributed by atoms with Crippen LogP contribution in [-0.2, 0) is 4.79 Å². The van der Waals surface area contributed by atoms with Crippen LogP contribution in [0.4, 0.5) is 0 Å². The highest BCUT2D eigenvalue weighted by Gasteiger charge is 2.39. The largest absolute Gasteiger partial charge is 0.478 e. The molecule has 3 aromatic carbocycles. The second-order valence-corrected chi connectivity index (χ2v) is 8.52. The van der Waals surface area contributed by atoms with Crippen molar-refractivity contribution < 1.29 is 33.4 Å². The molecule has 0 radical (unpaired) electrons. The Morgan fingerprint density at radius 2 is 1.67 bits per heavy atom. The average molecular weight is 478 g/mol. The van der Waals surface area contributed by atoms with Crippen LogP contribution in [0.3, 0.4) is 0 Å². The van der Waals surface area contributed by atoms with Gasteiger partial charge in [0.15, 0.2) is 5.76 Å². The van der Waals surface area contributed by atoms with Crippen molar-refractivity contribution in [1.29, 1.82) is 0 Å². The van der Waals surface area contributed by atoms with E-state index in [1.807, 2.05) is 30.3 Å². The predicted molar refractivity (Wildman–Crippen MR) is 129 cm³/mol. The highest BCUT2D eigenvalue weighted by Crippen LogP contribution is 2.49. The van der Waals surface area contributed by atoms with Gasteiger partial charge in [-0.15, -0.1) is 0 Å². The van der Waals surface area contributed by atoms with E-state index in [4.69, 9.17) is 19.0 Å². The average Bonchev–Trinajstić information content (AvgIpc) is 3.49. The molecular formula is C29H18O7. The lowest BCUT2D eigenvalue weighted by Gasteiger charge is -2.24. The molecule has 1 atom stereocenters. The fraction of sp³-hybridized carbons (Fsp3) is 0.0690. The van der Waals surface area contributed by atoms with Gasteiger partial charge in [-0.05, 0) is 48.0 Å². The molecule has 176 valence electrons. The second kappa shape index (κ2) is 8.39. The first kappa shape index (κ1) is 21.6. The highest BCUT2D eigenvalue weighted by molar-refractivity contribution is 6.15. The van der Waals surface area contributed by atoms with Gasteiger partial charge in [0.05, 0.1) is 23.5 Å². The monoisotopic (exact) mass is 478 g/mol. The minimum atomic E-state index is -1.01. The first-order chi connectivity index (χ1) is 17.5. The number of allylic oxidation sites excluding steroid dienone is 1. The molecule has 7 nitrogen and oxygen atoms in total. The summed E-state index contributed by atoms with van der Waals surface area (Å²) in [5, 5.41) is 9.13. The fourth-order valence-corrected chi connectivity index (χ4v) is 4.52. The fourth-order valence-electron chi connectivity index (χ4n) is 4.52. The van der Waals surface area contributed by atoms with E-state index < -0.39 is 17.9 Å². The quantitative estimate of drug-likeness (QED) is 0.228. The van der Waals surface area contributed by atoms with Crippen LogP contribution in [-0.4, -0.2) is 22.8 Å². The van der Waals surface area contributed by atoms with Gasteiger partial charge >= 0.3 is 11.9 Å². The SMILES string of the molecule is O=C1CC(c2ccc(-c3ccc(C(=O)O)cc3)o2)c2c(ccc3c2OC(=Cc2ccccc2)C3=O)O1. The molecule has 2 aliphatic heterocycles. The van der Waals surface area contributed by atoms with Gasteiger partial charge in [0.1, 0.15) is 23.0 Å². The van der Waals surface area contributed by atoms with Crippen molar-refractivity contribution in [2.24, 2.45) is 0 Å². The number of Topliss-reactive ketones (excluding diaryl/α,β-unsaturated/α-hetero) is 1. The third kappa shape index (κ3) is 3.67. The Morgan fingerprint density at radius 1 is 0.889 bits per heavy atom. The number of carbonyl (C=O) groups excluding carboxylic acids is 2. The van der Waals surface area contributed by atoms with Crippen LogP contribution in [0.1, 0.15) is 49.9 Å². The molecule has 0 aliphatic carbocycles. The molecule has 0 bridgehead atoms. The number of ether oxygens (including phenoxy) is 2. The lowest BCUT2D eigenvalue weighted by molar-refractivity contribution is -0.135. The number of hydrogen-bond donors (Lipinski definition) is 1. The first-order valence-corrected chi connectivity index (χ1v) is 11.3. The van der Waals surface area contributed by atoms with Crippen LogP contribution in [0.15, 0.2) is 89.0 Å². The molecule has 0 saturated carbocycles. The van der Waals surface area contributed by atoms with Crippen molar-refractivity contribution in [3.05, 3.63) is 113 Å². The molecule has 4 aromatic rings. The number of rotatable bonds is 4. The van der Waals surface area contributed by atoms with Gasteiger partial charge in [-0.3, -0.25) is 9.59 Å². The number of fused-ring (bicyclic) bond motifs is 3. The molecule has 1 unspecified atom stereocenters. The van der Waals surface area contributed by atoms with Crippen LogP contribution in [0.2, 0.25) is 0 Å². The summed E-state index contributed by atoms with van der Waals surface area (Å²) >= 11 is 0. The highest BCUT2D eigenvalue weighted by atomic mass is 16.5. The lowest BCUT2D eigenvalue weighted by Crippen LogP contribution is -2.21. The third-order valence-corrected chi connectivity index (χ3v) is 6.26. The summed E-state index contributed by atoms with van der Waals surface area (Å²) in [5.74, 6) is -0.277. The maximum absolute atomic E-state index is 13.1. The molecule has 2 aliphatic rings. The van der Waals surface area contributed by atoms with Crippen molar-refractivity contribution in [1.82, 2.24) is 0 Å². The Kier molecular flexibility index (Phi) is 5.04.